The third-order valence-corrected chi connectivity index (χ3v) is 6.69. The molecule has 0 N–H and O–H groups in total. The predicted octanol–water partition coefficient (Wildman–Crippen LogP) is 2.91. The van der Waals surface area contributed by atoms with E-state index in [0.717, 1.165) is 12.1 Å². The second-order valence-electron chi connectivity index (χ2n) is 7.90. The Morgan fingerprint density at radius 2 is 2.04 bits per heavy atom. The average Bonchev–Trinajstić information content (AvgIpc) is 3.19. The maximum absolute atomic E-state index is 12.8. The number of para-hydroxylation sites is 1. The molecule has 2 aromatic heterocycles. The molecule has 0 aliphatic carbocycles. The maximum atomic E-state index is 12.8. The zero-order valence-electron chi connectivity index (χ0n) is 16.2. The maximum Gasteiger partial charge on any atom is 0.297 e. The molecular formula is C19H21N5O2S2. The number of carbonyl (C=O) groups excluding carboxylic acids is 1. The number of aromatic nitrogens is 4. The van der Waals surface area contributed by atoms with Crippen LogP contribution in [0.1, 0.15) is 39.0 Å². The van der Waals surface area contributed by atoms with E-state index in [9.17, 15) is 9.59 Å². The Kier molecular flexibility index (Phi) is 4.75. The summed E-state index contributed by atoms with van der Waals surface area (Å²) < 4.78 is 1.92. The van der Waals surface area contributed by atoms with Crippen LogP contribution in [0.5, 0.6) is 0 Å². The Morgan fingerprint density at radius 3 is 2.79 bits per heavy atom. The standard InChI is InChI=1S/C19H21N5O2S2/c1-11-9-12-7-5-6-8-13(12)23(11)14(25)10-27-18-22-24-16(26)15(19(2,3)4)20-21-17(24)28-18/h5-8,11H,9-10H2,1-4H3/t11-/m1/s1. The van der Waals surface area contributed by atoms with E-state index in [1.54, 1.807) is 0 Å². The summed E-state index contributed by atoms with van der Waals surface area (Å²) in [6.07, 6.45) is 0.869. The number of nitrogens with zero attached hydrogens (tertiary/aromatic N) is 5. The van der Waals surface area contributed by atoms with Crippen LogP contribution in [-0.2, 0) is 16.6 Å². The van der Waals surface area contributed by atoms with Crippen molar-refractivity contribution in [1.82, 2.24) is 19.8 Å². The molecule has 1 atom stereocenters. The molecule has 3 heterocycles. The van der Waals surface area contributed by atoms with Gasteiger partial charge in [0.05, 0.1) is 5.75 Å². The monoisotopic (exact) mass is 415 g/mol. The highest BCUT2D eigenvalue weighted by atomic mass is 32.2. The normalized spacial score (nSPS) is 16.6. The van der Waals surface area contributed by atoms with Gasteiger partial charge in [0.15, 0.2) is 4.34 Å². The van der Waals surface area contributed by atoms with Crippen LogP contribution >= 0.6 is 23.1 Å². The topological polar surface area (TPSA) is 80.5 Å². The van der Waals surface area contributed by atoms with Gasteiger partial charge >= 0.3 is 0 Å². The van der Waals surface area contributed by atoms with Gasteiger partial charge in [0, 0.05) is 17.1 Å². The largest absolute Gasteiger partial charge is 0.308 e. The van der Waals surface area contributed by atoms with Crippen LogP contribution in [0.15, 0.2) is 33.4 Å². The third kappa shape index (κ3) is 3.33. The molecule has 1 aliphatic rings. The van der Waals surface area contributed by atoms with Crippen LogP contribution in [-0.4, -0.2) is 37.5 Å². The number of carbonyl (C=O) groups is 1. The zero-order valence-corrected chi connectivity index (χ0v) is 17.8. The lowest BCUT2D eigenvalue weighted by molar-refractivity contribution is -0.116. The van der Waals surface area contributed by atoms with Crippen molar-refractivity contribution in [3.63, 3.8) is 0 Å². The summed E-state index contributed by atoms with van der Waals surface area (Å²) in [4.78, 5) is 27.8. The van der Waals surface area contributed by atoms with E-state index < -0.39 is 5.41 Å². The van der Waals surface area contributed by atoms with Gasteiger partial charge in [-0.15, -0.1) is 15.3 Å². The van der Waals surface area contributed by atoms with Crippen LogP contribution in [0.4, 0.5) is 5.69 Å². The molecule has 1 aliphatic heterocycles. The van der Waals surface area contributed by atoms with Crippen LogP contribution < -0.4 is 10.5 Å². The Labute approximate surface area is 170 Å². The van der Waals surface area contributed by atoms with Crippen molar-refractivity contribution >= 4 is 39.7 Å². The number of fused-ring (bicyclic) bond motifs is 2. The fourth-order valence-electron chi connectivity index (χ4n) is 3.36. The first-order valence-electron chi connectivity index (χ1n) is 9.05. The third-order valence-electron chi connectivity index (χ3n) is 4.68. The minimum Gasteiger partial charge on any atom is -0.308 e. The minimum atomic E-state index is -0.405. The second-order valence-corrected chi connectivity index (χ2v) is 10.1. The summed E-state index contributed by atoms with van der Waals surface area (Å²) in [6, 6.07) is 8.15. The molecule has 0 saturated heterocycles. The highest BCUT2D eigenvalue weighted by Gasteiger charge is 2.30. The van der Waals surface area contributed by atoms with Crippen LogP contribution in [0.25, 0.3) is 4.96 Å². The quantitative estimate of drug-likeness (QED) is 0.612. The SMILES string of the molecule is C[C@@H]1Cc2ccccc2N1C(=O)CSc1nn2c(=O)c(C(C)(C)C)nnc2s1. The first-order valence-corrected chi connectivity index (χ1v) is 10.9. The molecule has 1 aromatic carbocycles. The molecule has 0 fully saturated rings. The van der Waals surface area contributed by atoms with Crippen LogP contribution in [0, 0.1) is 0 Å². The second kappa shape index (κ2) is 6.97. The van der Waals surface area contributed by atoms with Crippen LogP contribution in [0.3, 0.4) is 0 Å². The fraction of sp³-hybridized carbons (Fsp3) is 0.421. The molecule has 0 saturated carbocycles. The molecule has 4 rings (SSSR count). The Balaban J connectivity index is 1.54. The number of amides is 1. The highest BCUT2D eigenvalue weighted by Crippen LogP contribution is 2.33. The van der Waals surface area contributed by atoms with E-state index in [4.69, 9.17) is 0 Å². The Hall–Kier alpha value is -2.26. The molecule has 1 amide bonds. The van der Waals surface area contributed by atoms with E-state index in [0.29, 0.717) is 15.0 Å². The minimum absolute atomic E-state index is 0.0375. The van der Waals surface area contributed by atoms with E-state index in [1.807, 2.05) is 43.9 Å². The van der Waals surface area contributed by atoms with Crippen LogP contribution in [0.2, 0.25) is 0 Å². The lowest BCUT2D eigenvalue weighted by Gasteiger charge is -2.22. The number of benzene rings is 1. The zero-order chi connectivity index (χ0) is 20.1. The molecule has 3 aromatic rings. The smallest absolute Gasteiger partial charge is 0.297 e. The van der Waals surface area contributed by atoms with Crippen molar-refractivity contribution < 1.29 is 4.79 Å². The Morgan fingerprint density at radius 1 is 1.29 bits per heavy atom. The average molecular weight is 416 g/mol. The summed E-state index contributed by atoms with van der Waals surface area (Å²) >= 11 is 2.60. The molecule has 28 heavy (non-hydrogen) atoms. The fourth-order valence-corrected chi connectivity index (χ4v) is 5.10. The predicted molar refractivity (Wildman–Crippen MR) is 111 cm³/mol. The number of anilines is 1. The first-order chi connectivity index (χ1) is 13.3. The lowest BCUT2D eigenvalue weighted by Crippen LogP contribution is -2.36. The molecular weight excluding hydrogens is 394 g/mol. The van der Waals surface area contributed by atoms with Gasteiger partial charge in [0.2, 0.25) is 10.9 Å². The summed E-state index contributed by atoms with van der Waals surface area (Å²) in [7, 11) is 0. The van der Waals surface area contributed by atoms with E-state index >= 15 is 0 Å². The Bertz CT molecular complexity index is 1120. The number of hydrogen-bond donors (Lipinski definition) is 0. The molecule has 146 valence electrons. The van der Waals surface area contributed by atoms with Crippen molar-refractivity contribution in [3.8, 4) is 0 Å². The number of hydrogen-bond acceptors (Lipinski definition) is 7. The van der Waals surface area contributed by atoms with E-state index in [-0.39, 0.29) is 23.3 Å². The van der Waals surface area contributed by atoms with E-state index in [1.165, 1.54) is 33.2 Å². The summed E-state index contributed by atoms with van der Waals surface area (Å²) in [5.74, 6) is 0.294. The van der Waals surface area contributed by atoms with Gasteiger partial charge in [-0.1, -0.05) is 62.1 Å². The lowest BCUT2D eigenvalue weighted by atomic mass is 9.93. The summed E-state index contributed by atoms with van der Waals surface area (Å²) in [5, 5.41) is 12.6. The molecule has 0 bridgehead atoms. The highest BCUT2D eigenvalue weighted by molar-refractivity contribution is 8.01. The van der Waals surface area contributed by atoms with Gasteiger partial charge < -0.3 is 4.90 Å². The van der Waals surface area contributed by atoms with Gasteiger partial charge in [-0.25, -0.2) is 0 Å². The first kappa shape index (κ1) is 19.1. The molecule has 0 radical (unpaired) electrons. The molecule has 9 heteroatoms. The van der Waals surface area contributed by atoms with Crippen molar-refractivity contribution in [2.45, 2.75) is 49.9 Å². The summed E-state index contributed by atoms with van der Waals surface area (Å²) in [5.41, 5.74) is 1.91. The van der Waals surface area contributed by atoms with Gasteiger partial charge in [0.25, 0.3) is 5.56 Å². The van der Waals surface area contributed by atoms with Crippen molar-refractivity contribution in [3.05, 3.63) is 45.9 Å². The van der Waals surface area contributed by atoms with E-state index in [2.05, 4.69) is 28.3 Å². The number of rotatable bonds is 3. The van der Waals surface area contributed by atoms with Gasteiger partial charge in [-0.05, 0) is 25.0 Å². The van der Waals surface area contributed by atoms with Crippen molar-refractivity contribution in [1.29, 1.82) is 0 Å². The van der Waals surface area contributed by atoms with Gasteiger partial charge in [0.1, 0.15) is 5.69 Å². The van der Waals surface area contributed by atoms with Gasteiger partial charge in [-0.3, -0.25) is 9.59 Å². The van der Waals surface area contributed by atoms with Crippen molar-refractivity contribution in [2.75, 3.05) is 10.7 Å². The molecule has 0 spiro atoms. The van der Waals surface area contributed by atoms with Crippen molar-refractivity contribution in [2.24, 2.45) is 0 Å². The molecule has 0 unspecified atom stereocenters. The number of thioether (sulfide) groups is 1. The van der Waals surface area contributed by atoms with Gasteiger partial charge in [-0.2, -0.15) is 4.52 Å². The summed E-state index contributed by atoms with van der Waals surface area (Å²) in [6.45, 7) is 7.81. The molecule has 7 nitrogen and oxygen atoms in total.